The largest absolute Gasteiger partial charge is 0.105 e. The van der Waals surface area contributed by atoms with Gasteiger partial charge in [-0.05, 0) is 93.2 Å². The predicted molar refractivity (Wildman–Crippen MR) is 164 cm³/mol. The molecular formula is C33H50P2. The monoisotopic (exact) mass is 508 g/mol. The first-order valence-corrected chi connectivity index (χ1v) is 16.7. The van der Waals surface area contributed by atoms with Gasteiger partial charge >= 0.3 is 0 Å². The summed E-state index contributed by atoms with van der Waals surface area (Å²) in [5.74, 6) is 1.61. The van der Waals surface area contributed by atoms with Crippen molar-refractivity contribution in [3.05, 3.63) is 47.0 Å². The number of benzene rings is 2. The highest BCUT2D eigenvalue weighted by atomic mass is 31.1. The van der Waals surface area contributed by atoms with Crippen LogP contribution in [0.5, 0.6) is 0 Å². The van der Waals surface area contributed by atoms with E-state index in [2.05, 4.69) is 81.1 Å². The molecule has 35 heavy (non-hydrogen) atoms. The summed E-state index contributed by atoms with van der Waals surface area (Å²) in [6.45, 7) is 14.3. The van der Waals surface area contributed by atoms with E-state index in [0.29, 0.717) is 17.8 Å². The van der Waals surface area contributed by atoms with Gasteiger partial charge in [0, 0.05) is 0 Å². The van der Waals surface area contributed by atoms with E-state index >= 15 is 0 Å². The molecule has 0 radical (unpaired) electrons. The minimum atomic E-state index is -0.162. The van der Waals surface area contributed by atoms with Crippen LogP contribution in [-0.4, -0.2) is 11.3 Å². The molecule has 0 spiro atoms. The van der Waals surface area contributed by atoms with E-state index < -0.39 is 0 Å². The Morgan fingerprint density at radius 2 is 1.17 bits per heavy atom. The van der Waals surface area contributed by atoms with Gasteiger partial charge in [-0.15, -0.1) is 9.24 Å². The van der Waals surface area contributed by atoms with Gasteiger partial charge in [-0.3, -0.25) is 0 Å². The summed E-state index contributed by atoms with van der Waals surface area (Å²) in [4.78, 5) is 0. The highest BCUT2D eigenvalue weighted by Gasteiger charge is 2.35. The van der Waals surface area contributed by atoms with Crippen molar-refractivity contribution in [2.24, 2.45) is 0 Å². The zero-order valence-corrected chi connectivity index (χ0v) is 25.4. The summed E-state index contributed by atoms with van der Waals surface area (Å²) in [5, 5.41) is 3.24. The van der Waals surface area contributed by atoms with Crippen LogP contribution in [0.1, 0.15) is 140 Å². The standard InChI is InChI=1S/C33H50P2/c1-22(2)25-20-29(23(3)4)32(30(21-25)24(5)6)28-18-13-19-31(34)33(28)35(26-14-9-7-10-15-26)27-16-11-8-12-17-27/h13,18-24,26-27H,7-12,14-17,34H2,1-6H3. The molecule has 0 nitrogen and oxygen atoms in total. The Morgan fingerprint density at radius 1 is 0.686 bits per heavy atom. The summed E-state index contributed by atoms with van der Waals surface area (Å²) in [6.07, 6.45) is 14.5. The maximum atomic E-state index is 3.20. The van der Waals surface area contributed by atoms with Crippen molar-refractivity contribution in [1.29, 1.82) is 0 Å². The molecule has 2 aromatic rings. The van der Waals surface area contributed by atoms with Gasteiger partial charge in [-0.25, -0.2) is 0 Å². The van der Waals surface area contributed by atoms with E-state index in [4.69, 9.17) is 0 Å². The third-order valence-corrected chi connectivity index (χ3v) is 13.0. The summed E-state index contributed by atoms with van der Waals surface area (Å²) in [7, 11) is 3.04. The number of hydrogen-bond acceptors (Lipinski definition) is 0. The van der Waals surface area contributed by atoms with E-state index in [1.54, 1.807) is 27.6 Å². The predicted octanol–water partition coefficient (Wildman–Crippen LogP) is 10.00. The molecule has 1 unspecified atom stereocenters. The minimum absolute atomic E-state index is 0.162. The van der Waals surface area contributed by atoms with E-state index in [-0.39, 0.29) is 7.92 Å². The molecule has 0 N–H and O–H groups in total. The highest BCUT2D eigenvalue weighted by molar-refractivity contribution is 7.68. The van der Waals surface area contributed by atoms with Crippen molar-refractivity contribution in [2.75, 3.05) is 0 Å². The highest BCUT2D eigenvalue weighted by Crippen LogP contribution is 2.56. The molecule has 0 saturated heterocycles. The molecule has 0 aliphatic heterocycles. The van der Waals surface area contributed by atoms with Crippen molar-refractivity contribution in [3.8, 4) is 11.1 Å². The third-order valence-electron chi connectivity index (χ3n) is 8.66. The van der Waals surface area contributed by atoms with Crippen LogP contribution in [0.2, 0.25) is 0 Å². The maximum Gasteiger partial charge on any atom is -0.00854 e. The van der Waals surface area contributed by atoms with Gasteiger partial charge in [-0.1, -0.05) is 118 Å². The Bertz CT molecular complexity index is 928. The first kappa shape index (κ1) is 27.3. The van der Waals surface area contributed by atoms with Crippen LogP contribution in [0.15, 0.2) is 30.3 Å². The van der Waals surface area contributed by atoms with Crippen LogP contribution in [0.4, 0.5) is 0 Å². The Kier molecular flexibility index (Phi) is 9.55. The molecule has 192 valence electrons. The second-order valence-electron chi connectivity index (χ2n) is 12.3. The summed E-state index contributed by atoms with van der Waals surface area (Å²) in [5.41, 5.74) is 9.65. The van der Waals surface area contributed by atoms with E-state index in [9.17, 15) is 0 Å². The zero-order valence-electron chi connectivity index (χ0n) is 23.4. The molecule has 0 amide bonds. The molecule has 2 fully saturated rings. The Balaban J connectivity index is 1.97. The van der Waals surface area contributed by atoms with Crippen molar-refractivity contribution >= 4 is 27.8 Å². The quantitative estimate of drug-likeness (QED) is 0.326. The topological polar surface area (TPSA) is 0 Å². The molecule has 0 aromatic heterocycles. The van der Waals surface area contributed by atoms with Gasteiger partial charge in [-0.2, -0.15) is 0 Å². The Hall–Kier alpha value is -0.700. The third kappa shape index (κ3) is 6.07. The average Bonchev–Trinajstić information content (AvgIpc) is 2.85. The van der Waals surface area contributed by atoms with Crippen LogP contribution in [0.3, 0.4) is 0 Å². The van der Waals surface area contributed by atoms with Gasteiger partial charge in [0.25, 0.3) is 0 Å². The van der Waals surface area contributed by atoms with E-state index in [0.717, 1.165) is 11.3 Å². The van der Waals surface area contributed by atoms with Crippen molar-refractivity contribution in [3.63, 3.8) is 0 Å². The molecule has 0 heterocycles. The zero-order chi connectivity index (χ0) is 25.1. The van der Waals surface area contributed by atoms with Crippen LogP contribution in [0, 0.1) is 0 Å². The number of rotatable bonds is 7. The van der Waals surface area contributed by atoms with Crippen LogP contribution in [0.25, 0.3) is 11.1 Å². The molecule has 0 bridgehead atoms. The van der Waals surface area contributed by atoms with Gasteiger partial charge < -0.3 is 0 Å². The molecule has 2 saturated carbocycles. The molecule has 2 aliphatic carbocycles. The number of hydrogen-bond donors (Lipinski definition) is 0. The summed E-state index contributed by atoms with van der Waals surface area (Å²) in [6, 6.07) is 12.3. The molecule has 1 atom stereocenters. The lowest BCUT2D eigenvalue weighted by Crippen LogP contribution is -2.32. The van der Waals surface area contributed by atoms with Crippen LogP contribution < -0.4 is 10.6 Å². The van der Waals surface area contributed by atoms with Gasteiger partial charge in [0.05, 0.1) is 0 Å². The van der Waals surface area contributed by atoms with Crippen molar-refractivity contribution in [1.82, 2.24) is 0 Å². The SMILES string of the molecule is CC(C)c1cc(C(C)C)c(-c2cccc(P)c2P(C2CCCCC2)C2CCCCC2)c(C(C)C)c1. The molecule has 2 heteroatoms. The normalized spacial score (nSPS) is 18.4. The fourth-order valence-corrected chi connectivity index (χ4v) is 11.4. The Labute approximate surface area is 220 Å². The maximum absolute atomic E-state index is 3.20. The van der Waals surface area contributed by atoms with Gasteiger partial charge in [0.1, 0.15) is 0 Å². The van der Waals surface area contributed by atoms with Crippen molar-refractivity contribution < 1.29 is 0 Å². The average molecular weight is 509 g/mol. The van der Waals surface area contributed by atoms with Gasteiger partial charge in [0.15, 0.2) is 0 Å². The van der Waals surface area contributed by atoms with Crippen LogP contribution in [-0.2, 0) is 0 Å². The van der Waals surface area contributed by atoms with E-state index in [1.165, 1.54) is 75.1 Å². The minimum Gasteiger partial charge on any atom is -0.105 e. The van der Waals surface area contributed by atoms with Gasteiger partial charge in [0.2, 0.25) is 0 Å². The van der Waals surface area contributed by atoms with E-state index in [1.807, 2.05) is 0 Å². The Morgan fingerprint density at radius 3 is 1.60 bits per heavy atom. The first-order valence-electron chi connectivity index (χ1n) is 14.6. The van der Waals surface area contributed by atoms with Crippen LogP contribution >= 0.6 is 17.2 Å². The molecule has 2 aliphatic rings. The molecule has 2 aromatic carbocycles. The fraction of sp³-hybridized carbons (Fsp3) is 0.636. The molecule has 4 rings (SSSR count). The lowest BCUT2D eigenvalue weighted by atomic mass is 9.82. The lowest BCUT2D eigenvalue weighted by Gasteiger charge is -2.40. The lowest BCUT2D eigenvalue weighted by molar-refractivity contribution is 0.487. The smallest absolute Gasteiger partial charge is 0.00854 e. The first-order chi connectivity index (χ1) is 16.8. The summed E-state index contributed by atoms with van der Waals surface area (Å²) >= 11 is 0. The van der Waals surface area contributed by atoms with Crippen molar-refractivity contribution in [2.45, 2.75) is 135 Å². The second-order valence-corrected chi connectivity index (χ2v) is 15.6. The molecular weight excluding hydrogens is 458 g/mol. The summed E-state index contributed by atoms with van der Waals surface area (Å²) < 4.78 is 0. The fourth-order valence-electron chi connectivity index (χ4n) is 6.70. The second kappa shape index (κ2) is 12.2.